The van der Waals surface area contributed by atoms with Crippen LogP contribution in [-0.2, 0) is 4.79 Å². The molecule has 0 saturated heterocycles. The number of hydrogen-bond acceptors (Lipinski definition) is 6. The van der Waals surface area contributed by atoms with Gasteiger partial charge < -0.3 is 10.2 Å². The van der Waals surface area contributed by atoms with Crippen molar-refractivity contribution in [1.29, 1.82) is 0 Å². The van der Waals surface area contributed by atoms with Crippen LogP contribution in [0.2, 0.25) is 0 Å². The zero-order chi connectivity index (χ0) is 20.1. The Morgan fingerprint density at radius 1 is 1.11 bits per heavy atom. The molecule has 7 nitrogen and oxygen atoms in total. The molecule has 0 aliphatic carbocycles. The van der Waals surface area contributed by atoms with Crippen molar-refractivity contribution in [3.05, 3.63) is 54.1 Å². The number of carbonyl (C=O) groups is 1. The highest BCUT2D eigenvalue weighted by Crippen LogP contribution is 2.21. The Morgan fingerprint density at radius 2 is 1.79 bits per heavy atom. The van der Waals surface area contributed by atoms with Gasteiger partial charge in [0.25, 0.3) is 0 Å². The second-order valence-corrected chi connectivity index (χ2v) is 7.84. The first-order valence-corrected chi connectivity index (χ1v) is 10.0. The minimum Gasteiger partial charge on any atom is -0.378 e. The quantitative estimate of drug-likeness (QED) is 0.615. The van der Waals surface area contributed by atoms with Crippen LogP contribution in [0.25, 0.3) is 5.69 Å². The van der Waals surface area contributed by atoms with Gasteiger partial charge in [0.05, 0.1) is 11.4 Å². The molecular weight excluding hydrogens is 372 g/mol. The molecule has 0 unspecified atom stereocenters. The van der Waals surface area contributed by atoms with Gasteiger partial charge in [0, 0.05) is 25.5 Å². The van der Waals surface area contributed by atoms with Crippen molar-refractivity contribution >= 4 is 29.0 Å². The molecular formula is C20H24N6OS. The molecule has 0 aliphatic rings. The smallest absolute Gasteiger partial charge is 0.234 e. The summed E-state index contributed by atoms with van der Waals surface area (Å²) in [4.78, 5) is 14.3. The first kappa shape index (κ1) is 19.9. The van der Waals surface area contributed by atoms with Crippen LogP contribution >= 0.6 is 11.8 Å². The van der Waals surface area contributed by atoms with Crippen LogP contribution in [0.3, 0.4) is 0 Å². The highest BCUT2D eigenvalue weighted by molar-refractivity contribution is 7.99. The van der Waals surface area contributed by atoms with E-state index in [9.17, 15) is 4.79 Å². The molecule has 1 N–H and O–H groups in total. The summed E-state index contributed by atoms with van der Waals surface area (Å²) in [5.41, 5.74) is 3.97. The van der Waals surface area contributed by atoms with Gasteiger partial charge in [0.1, 0.15) is 0 Å². The van der Waals surface area contributed by atoms with E-state index in [1.54, 1.807) is 4.68 Å². The molecule has 1 aromatic heterocycles. The van der Waals surface area contributed by atoms with Gasteiger partial charge in [-0.05, 0) is 58.3 Å². The molecule has 2 aromatic carbocycles. The number of thioether (sulfide) groups is 1. The molecule has 1 heterocycles. The second-order valence-electron chi connectivity index (χ2n) is 6.90. The molecule has 146 valence electrons. The zero-order valence-corrected chi connectivity index (χ0v) is 17.3. The minimum atomic E-state index is -0.0974. The Kier molecular flexibility index (Phi) is 6.30. The molecule has 0 fully saturated rings. The standard InChI is InChI=1S/C20H24N6OS/c1-14(2)15-5-7-16(8-6-15)21-19(27)13-28-20-22-23-24-26(20)18-11-9-17(10-12-18)25(3)4/h5-12,14H,13H2,1-4H3,(H,21,27). The van der Waals surface area contributed by atoms with Gasteiger partial charge in [-0.1, -0.05) is 37.7 Å². The molecule has 3 aromatic rings. The summed E-state index contributed by atoms with van der Waals surface area (Å²) in [6, 6.07) is 15.8. The van der Waals surface area contributed by atoms with Crippen LogP contribution in [0.4, 0.5) is 11.4 Å². The van der Waals surface area contributed by atoms with Crippen LogP contribution in [0.5, 0.6) is 0 Å². The maximum absolute atomic E-state index is 12.3. The monoisotopic (exact) mass is 396 g/mol. The fourth-order valence-corrected chi connectivity index (χ4v) is 3.29. The summed E-state index contributed by atoms with van der Waals surface area (Å²) in [5, 5.41) is 15.3. The van der Waals surface area contributed by atoms with E-state index in [1.165, 1.54) is 17.3 Å². The first-order valence-electron chi connectivity index (χ1n) is 9.03. The summed E-state index contributed by atoms with van der Waals surface area (Å²) in [7, 11) is 3.98. The molecule has 28 heavy (non-hydrogen) atoms. The van der Waals surface area contributed by atoms with Crippen LogP contribution in [0, 0.1) is 0 Å². The zero-order valence-electron chi connectivity index (χ0n) is 16.5. The van der Waals surface area contributed by atoms with E-state index in [4.69, 9.17) is 0 Å². The van der Waals surface area contributed by atoms with Crippen molar-refractivity contribution in [2.24, 2.45) is 0 Å². The fraction of sp³-hybridized carbons (Fsp3) is 0.300. The Balaban J connectivity index is 1.60. The van der Waals surface area contributed by atoms with Crippen molar-refractivity contribution in [2.75, 3.05) is 30.1 Å². The molecule has 0 spiro atoms. The Bertz CT molecular complexity index is 919. The van der Waals surface area contributed by atoms with Crippen molar-refractivity contribution in [3.63, 3.8) is 0 Å². The average molecular weight is 397 g/mol. The lowest BCUT2D eigenvalue weighted by atomic mass is 10.0. The third-order valence-corrected chi connectivity index (χ3v) is 5.16. The van der Waals surface area contributed by atoms with Crippen molar-refractivity contribution in [1.82, 2.24) is 20.2 Å². The number of nitrogens with one attached hydrogen (secondary N) is 1. The van der Waals surface area contributed by atoms with Gasteiger partial charge >= 0.3 is 0 Å². The largest absolute Gasteiger partial charge is 0.378 e. The number of hydrogen-bond donors (Lipinski definition) is 1. The topological polar surface area (TPSA) is 75.9 Å². The maximum Gasteiger partial charge on any atom is 0.234 e. The number of aromatic nitrogens is 4. The van der Waals surface area contributed by atoms with E-state index in [-0.39, 0.29) is 11.7 Å². The minimum absolute atomic E-state index is 0.0974. The molecule has 0 aliphatic heterocycles. The Labute approximate surface area is 169 Å². The summed E-state index contributed by atoms with van der Waals surface area (Å²) in [6.07, 6.45) is 0. The van der Waals surface area contributed by atoms with Gasteiger partial charge in [0.2, 0.25) is 11.1 Å². The maximum atomic E-state index is 12.3. The predicted molar refractivity (Wildman–Crippen MR) is 113 cm³/mol. The molecule has 3 rings (SSSR count). The molecule has 1 amide bonds. The van der Waals surface area contributed by atoms with E-state index < -0.39 is 0 Å². The summed E-state index contributed by atoms with van der Waals surface area (Å²) < 4.78 is 1.63. The number of tetrazole rings is 1. The van der Waals surface area contributed by atoms with Crippen LogP contribution in [0.15, 0.2) is 53.7 Å². The summed E-state index contributed by atoms with van der Waals surface area (Å²) in [5.74, 6) is 0.591. The fourth-order valence-electron chi connectivity index (χ4n) is 2.60. The highest BCUT2D eigenvalue weighted by atomic mass is 32.2. The van der Waals surface area contributed by atoms with Gasteiger partial charge in [-0.3, -0.25) is 4.79 Å². The second kappa shape index (κ2) is 8.88. The van der Waals surface area contributed by atoms with Crippen molar-refractivity contribution in [2.45, 2.75) is 24.9 Å². The number of amides is 1. The molecule has 0 atom stereocenters. The van der Waals surface area contributed by atoms with Crippen LogP contribution < -0.4 is 10.2 Å². The number of nitrogens with zero attached hydrogens (tertiary/aromatic N) is 5. The Hall–Kier alpha value is -2.87. The molecule has 0 bridgehead atoms. The number of rotatable bonds is 7. The highest BCUT2D eigenvalue weighted by Gasteiger charge is 2.12. The van der Waals surface area contributed by atoms with Gasteiger partial charge in [-0.25, -0.2) is 0 Å². The third kappa shape index (κ3) is 4.89. The summed E-state index contributed by atoms with van der Waals surface area (Å²) >= 11 is 1.30. The summed E-state index contributed by atoms with van der Waals surface area (Å²) in [6.45, 7) is 4.28. The molecule has 0 radical (unpaired) electrons. The van der Waals surface area contributed by atoms with Gasteiger partial charge in [-0.15, -0.1) is 5.10 Å². The van der Waals surface area contributed by atoms with Crippen LogP contribution in [-0.4, -0.2) is 46.0 Å². The van der Waals surface area contributed by atoms with Crippen molar-refractivity contribution < 1.29 is 4.79 Å². The number of anilines is 2. The molecule has 0 saturated carbocycles. The predicted octanol–water partition coefficient (Wildman–Crippen LogP) is 3.58. The molecule has 8 heteroatoms. The van der Waals surface area contributed by atoms with E-state index in [0.29, 0.717) is 11.1 Å². The van der Waals surface area contributed by atoms with E-state index in [1.807, 2.05) is 67.5 Å². The number of benzene rings is 2. The lowest BCUT2D eigenvalue weighted by Gasteiger charge is -2.12. The van der Waals surface area contributed by atoms with Gasteiger partial charge in [0.15, 0.2) is 0 Å². The third-order valence-electron chi connectivity index (χ3n) is 4.25. The average Bonchev–Trinajstić information content (AvgIpc) is 3.15. The lowest BCUT2D eigenvalue weighted by Crippen LogP contribution is -2.14. The van der Waals surface area contributed by atoms with Crippen LogP contribution in [0.1, 0.15) is 25.3 Å². The lowest BCUT2D eigenvalue weighted by molar-refractivity contribution is -0.113. The van der Waals surface area contributed by atoms with E-state index in [0.717, 1.165) is 17.1 Å². The van der Waals surface area contributed by atoms with Gasteiger partial charge in [-0.2, -0.15) is 4.68 Å². The SMILES string of the molecule is CC(C)c1ccc(NC(=O)CSc2nnnn2-c2ccc(N(C)C)cc2)cc1. The van der Waals surface area contributed by atoms with E-state index in [2.05, 4.69) is 34.7 Å². The van der Waals surface area contributed by atoms with Crippen molar-refractivity contribution in [3.8, 4) is 5.69 Å². The normalized spacial score (nSPS) is 10.9. The van der Waals surface area contributed by atoms with E-state index >= 15 is 0 Å². The first-order chi connectivity index (χ1) is 13.4. The number of carbonyl (C=O) groups excluding carboxylic acids is 1. The Morgan fingerprint density at radius 3 is 2.39 bits per heavy atom.